The van der Waals surface area contributed by atoms with Crippen LogP contribution in [0.4, 0.5) is 4.79 Å². The van der Waals surface area contributed by atoms with Gasteiger partial charge in [-0.1, -0.05) is 0 Å². The average Bonchev–Trinajstić information content (AvgIpc) is 2.71. The lowest BCUT2D eigenvalue weighted by Gasteiger charge is -2.23. The first-order chi connectivity index (χ1) is 9.97. The smallest absolute Gasteiger partial charge is 0.317 e. The molecule has 0 radical (unpaired) electrons. The van der Waals surface area contributed by atoms with Gasteiger partial charge in [-0.15, -0.1) is 0 Å². The van der Waals surface area contributed by atoms with Crippen LogP contribution in [0, 0.1) is 0 Å². The van der Waals surface area contributed by atoms with Crippen LogP contribution in [0.1, 0.15) is 30.8 Å². The van der Waals surface area contributed by atoms with Crippen molar-refractivity contribution in [2.24, 2.45) is 0 Å². The van der Waals surface area contributed by atoms with Crippen LogP contribution in [0.2, 0.25) is 0 Å². The van der Waals surface area contributed by atoms with Crippen molar-refractivity contribution in [3.63, 3.8) is 0 Å². The summed E-state index contributed by atoms with van der Waals surface area (Å²) in [6.45, 7) is 6.20. The molecule has 0 saturated carbocycles. The molecule has 7 heteroatoms. The van der Waals surface area contributed by atoms with Gasteiger partial charge in [-0.25, -0.2) is 4.79 Å². The molecule has 2 rings (SSSR count). The highest BCUT2D eigenvalue weighted by Gasteiger charge is 2.24. The van der Waals surface area contributed by atoms with E-state index in [-0.39, 0.29) is 18.0 Å². The maximum absolute atomic E-state index is 12.3. The van der Waals surface area contributed by atoms with Crippen molar-refractivity contribution in [2.75, 3.05) is 26.2 Å². The lowest BCUT2D eigenvalue weighted by molar-refractivity contribution is 0.0729. The molecule has 116 valence electrons. The average molecular weight is 358 g/mol. The third-order valence-corrected chi connectivity index (χ3v) is 3.69. The summed E-state index contributed by atoms with van der Waals surface area (Å²) in [7, 11) is 0. The first-order valence-electron chi connectivity index (χ1n) is 7.07. The molecule has 1 aliphatic heterocycles. The van der Waals surface area contributed by atoms with E-state index in [2.05, 4.69) is 21.2 Å². The Morgan fingerprint density at radius 2 is 1.86 bits per heavy atom. The molecule has 3 amide bonds. The standard InChI is InChI=1S/C14H20BrN3O3/c1-10(2)16-14(20)18-7-3-6-17(8-9-18)13(19)11-4-5-12(15)21-11/h4-5,10H,3,6-9H2,1-2H3,(H,16,20). The molecule has 0 unspecified atom stereocenters. The summed E-state index contributed by atoms with van der Waals surface area (Å²) < 4.78 is 5.84. The first kappa shape index (κ1) is 15.9. The van der Waals surface area contributed by atoms with Crippen molar-refractivity contribution < 1.29 is 14.0 Å². The molecule has 0 aliphatic carbocycles. The van der Waals surface area contributed by atoms with Gasteiger partial charge < -0.3 is 19.5 Å². The Kier molecular flexibility index (Phi) is 5.27. The van der Waals surface area contributed by atoms with Gasteiger partial charge >= 0.3 is 6.03 Å². The van der Waals surface area contributed by atoms with Gasteiger partial charge in [-0.3, -0.25) is 4.79 Å². The second-order valence-corrected chi connectivity index (χ2v) is 6.12. The Labute approximate surface area is 132 Å². The van der Waals surface area contributed by atoms with Crippen molar-refractivity contribution >= 4 is 27.9 Å². The third-order valence-electron chi connectivity index (χ3n) is 3.27. The number of hydrogen-bond donors (Lipinski definition) is 1. The molecule has 1 saturated heterocycles. The molecule has 0 spiro atoms. The van der Waals surface area contributed by atoms with Crippen LogP contribution in [0.5, 0.6) is 0 Å². The van der Waals surface area contributed by atoms with Crippen molar-refractivity contribution in [3.05, 3.63) is 22.6 Å². The molecule has 0 aromatic carbocycles. The number of hydrogen-bond acceptors (Lipinski definition) is 3. The lowest BCUT2D eigenvalue weighted by atomic mass is 10.3. The van der Waals surface area contributed by atoms with Crippen LogP contribution in [-0.4, -0.2) is 54.0 Å². The Balaban J connectivity index is 1.94. The van der Waals surface area contributed by atoms with Crippen LogP contribution in [0.15, 0.2) is 21.2 Å². The van der Waals surface area contributed by atoms with Crippen molar-refractivity contribution in [3.8, 4) is 0 Å². The fourth-order valence-electron chi connectivity index (χ4n) is 2.25. The van der Waals surface area contributed by atoms with Crippen LogP contribution in [0.25, 0.3) is 0 Å². The third kappa shape index (κ3) is 4.23. The predicted molar refractivity (Wildman–Crippen MR) is 82.2 cm³/mol. The molecule has 6 nitrogen and oxygen atoms in total. The number of furan rings is 1. The Morgan fingerprint density at radius 1 is 1.19 bits per heavy atom. The number of amides is 3. The first-order valence-corrected chi connectivity index (χ1v) is 7.86. The zero-order chi connectivity index (χ0) is 15.4. The molecule has 2 heterocycles. The zero-order valence-corrected chi connectivity index (χ0v) is 13.9. The van der Waals surface area contributed by atoms with Crippen LogP contribution < -0.4 is 5.32 Å². The Morgan fingerprint density at radius 3 is 2.48 bits per heavy atom. The number of carbonyl (C=O) groups excluding carboxylic acids is 2. The number of rotatable bonds is 2. The van der Waals surface area contributed by atoms with Crippen LogP contribution in [0.3, 0.4) is 0 Å². The number of carbonyl (C=O) groups is 2. The van der Waals surface area contributed by atoms with Gasteiger partial charge in [0.05, 0.1) is 0 Å². The molecule has 1 N–H and O–H groups in total. The highest BCUT2D eigenvalue weighted by atomic mass is 79.9. The minimum absolute atomic E-state index is 0.0694. The van der Waals surface area contributed by atoms with E-state index in [9.17, 15) is 9.59 Å². The molecule has 0 bridgehead atoms. The SMILES string of the molecule is CC(C)NC(=O)N1CCCN(C(=O)c2ccc(Br)o2)CC1. The molecule has 1 aliphatic rings. The number of urea groups is 1. The van der Waals surface area contributed by atoms with Gasteiger partial charge in [0, 0.05) is 32.2 Å². The molecule has 1 fully saturated rings. The van der Waals surface area contributed by atoms with E-state index < -0.39 is 0 Å². The molecular formula is C14H20BrN3O3. The Hall–Kier alpha value is -1.50. The maximum atomic E-state index is 12.3. The summed E-state index contributed by atoms with van der Waals surface area (Å²) in [5, 5.41) is 2.88. The second-order valence-electron chi connectivity index (χ2n) is 5.34. The van der Waals surface area contributed by atoms with Crippen molar-refractivity contribution in [1.29, 1.82) is 0 Å². The van der Waals surface area contributed by atoms with Gasteiger partial charge in [0.1, 0.15) is 0 Å². The number of halogens is 1. The van der Waals surface area contributed by atoms with E-state index in [0.717, 1.165) is 6.42 Å². The van der Waals surface area contributed by atoms with Crippen LogP contribution in [-0.2, 0) is 0 Å². The van der Waals surface area contributed by atoms with E-state index in [4.69, 9.17) is 4.42 Å². The number of nitrogens with zero attached hydrogens (tertiary/aromatic N) is 2. The summed E-state index contributed by atoms with van der Waals surface area (Å²) >= 11 is 3.19. The Bertz CT molecular complexity index is 515. The quantitative estimate of drug-likeness (QED) is 0.882. The normalized spacial score (nSPS) is 16.0. The van der Waals surface area contributed by atoms with Gasteiger partial charge in [-0.05, 0) is 48.3 Å². The zero-order valence-electron chi connectivity index (χ0n) is 12.3. The van der Waals surface area contributed by atoms with E-state index >= 15 is 0 Å². The van der Waals surface area contributed by atoms with E-state index in [1.807, 2.05) is 13.8 Å². The van der Waals surface area contributed by atoms with Crippen molar-refractivity contribution in [2.45, 2.75) is 26.3 Å². The van der Waals surface area contributed by atoms with Crippen LogP contribution >= 0.6 is 15.9 Å². The van der Waals surface area contributed by atoms with E-state index in [1.54, 1.807) is 21.9 Å². The fourth-order valence-corrected chi connectivity index (χ4v) is 2.55. The molecule has 1 aromatic heterocycles. The maximum Gasteiger partial charge on any atom is 0.317 e. The summed E-state index contributed by atoms with van der Waals surface area (Å²) in [6.07, 6.45) is 0.763. The highest BCUT2D eigenvalue weighted by Crippen LogP contribution is 2.16. The van der Waals surface area contributed by atoms with Crippen molar-refractivity contribution in [1.82, 2.24) is 15.1 Å². The topological polar surface area (TPSA) is 65.8 Å². The largest absolute Gasteiger partial charge is 0.444 e. The van der Waals surface area contributed by atoms with Gasteiger partial charge in [0.25, 0.3) is 5.91 Å². The van der Waals surface area contributed by atoms with Gasteiger partial charge in [0.15, 0.2) is 10.4 Å². The second kappa shape index (κ2) is 6.98. The van der Waals surface area contributed by atoms with Gasteiger partial charge in [-0.2, -0.15) is 0 Å². The fraction of sp³-hybridized carbons (Fsp3) is 0.571. The molecular weight excluding hydrogens is 338 g/mol. The monoisotopic (exact) mass is 357 g/mol. The van der Waals surface area contributed by atoms with E-state index in [1.165, 1.54) is 0 Å². The minimum Gasteiger partial charge on any atom is -0.444 e. The lowest BCUT2D eigenvalue weighted by Crippen LogP contribution is -2.44. The summed E-state index contributed by atoms with van der Waals surface area (Å²) in [5.41, 5.74) is 0. The molecule has 1 aromatic rings. The summed E-state index contributed by atoms with van der Waals surface area (Å²) in [4.78, 5) is 27.8. The number of nitrogens with one attached hydrogen (secondary N) is 1. The van der Waals surface area contributed by atoms with E-state index in [0.29, 0.717) is 36.6 Å². The predicted octanol–water partition coefficient (Wildman–Crippen LogP) is 2.31. The van der Waals surface area contributed by atoms with Gasteiger partial charge in [0.2, 0.25) is 0 Å². The molecule has 21 heavy (non-hydrogen) atoms. The summed E-state index contributed by atoms with van der Waals surface area (Å²) in [5.74, 6) is 0.189. The highest BCUT2D eigenvalue weighted by molar-refractivity contribution is 9.10. The minimum atomic E-state index is -0.133. The molecule has 0 atom stereocenters. The summed E-state index contributed by atoms with van der Waals surface area (Å²) in [6, 6.07) is 3.40.